The Balaban J connectivity index is 2.60. The van der Waals surface area contributed by atoms with Crippen LogP contribution >= 0.6 is 0 Å². The van der Waals surface area contributed by atoms with Gasteiger partial charge in [0.05, 0.1) is 11.4 Å². The summed E-state index contributed by atoms with van der Waals surface area (Å²) >= 11 is -5.15. The van der Waals surface area contributed by atoms with E-state index in [-0.39, 0.29) is 32.7 Å². The van der Waals surface area contributed by atoms with Gasteiger partial charge in [-0.05, 0) is 69.6 Å². The van der Waals surface area contributed by atoms with Crippen molar-refractivity contribution >= 4 is 33.5 Å². The second-order valence-corrected chi connectivity index (χ2v) is 6.09. The lowest BCUT2D eigenvalue weighted by Gasteiger charge is -2.14. The lowest BCUT2D eigenvalue weighted by molar-refractivity contribution is 0.480. The fourth-order valence-corrected chi connectivity index (χ4v) is 2.50. The first-order valence-electron chi connectivity index (χ1n) is 6.21. The highest BCUT2D eigenvalue weighted by molar-refractivity contribution is 7.79. The molecule has 2 unspecified atom stereocenters. The third kappa shape index (κ3) is 4.55. The predicted octanol–water partition coefficient (Wildman–Crippen LogP) is 3.84. The molecular weight excluding hydrogens is 372 g/mol. The van der Waals surface area contributed by atoms with Crippen LogP contribution < -0.4 is 4.74 Å². The molecular formula is C12H6N6O5S2-2. The van der Waals surface area contributed by atoms with Gasteiger partial charge in [0.15, 0.2) is 0 Å². The van der Waals surface area contributed by atoms with Crippen LogP contribution in [0, 0.1) is 0 Å². The maximum atomic E-state index is 11.1. The molecule has 0 aliphatic rings. The van der Waals surface area contributed by atoms with E-state index in [1.165, 1.54) is 24.3 Å². The zero-order chi connectivity index (χ0) is 18.4. The molecule has 0 saturated heterocycles. The summed E-state index contributed by atoms with van der Waals surface area (Å²) in [6, 6.07) is 6.96. The molecule has 11 nitrogen and oxygen atoms in total. The summed E-state index contributed by atoms with van der Waals surface area (Å²) in [7, 11) is 0. The van der Waals surface area contributed by atoms with Crippen LogP contribution in [0.2, 0.25) is 0 Å². The van der Waals surface area contributed by atoms with Crippen LogP contribution in [0.3, 0.4) is 0 Å². The average molecular weight is 378 g/mol. The molecule has 0 saturated carbocycles. The Morgan fingerprint density at radius 1 is 0.840 bits per heavy atom. The van der Waals surface area contributed by atoms with E-state index in [2.05, 4.69) is 20.1 Å². The van der Waals surface area contributed by atoms with Crippen molar-refractivity contribution < 1.29 is 22.3 Å². The van der Waals surface area contributed by atoms with Gasteiger partial charge in [0.1, 0.15) is 11.5 Å². The quantitative estimate of drug-likeness (QED) is 0.319. The number of benzene rings is 2. The number of azide groups is 2. The topological polar surface area (TPSA) is 187 Å². The molecule has 25 heavy (non-hydrogen) atoms. The van der Waals surface area contributed by atoms with E-state index in [9.17, 15) is 17.5 Å². The Morgan fingerprint density at radius 2 is 1.24 bits per heavy atom. The minimum absolute atomic E-state index is 0.0442. The summed E-state index contributed by atoms with van der Waals surface area (Å²) in [5, 5.41) is 6.73. The molecule has 0 aromatic heterocycles. The van der Waals surface area contributed by atoms with E-state index in [4.69, 9.17) is 15.8 Å². The van der Waals surface area contributed by atoms with Crippen LogP contribution in [0.25, 0.3) is 20.9 Å². The van der Waals surface area contributed by atoms with Crippen molar-refractivity contribution in [3.63, 3.8) is 0 Å². The average Bonchev–Trinajstić information content (AvgIpc) is 2.58. The summed E-state index contributed by atoms with van der Waals surface area (Å²) < 4.78 is 49.8. The Labute approximate surface area is 145 Å². The van der Waals surface area contributed by atoms with Crippen molar-refractivity contribution in [3.8, 4) is 11.5 Å². The van der Waals surface area contributed by atoms with Gasteiger partial charge in [0, 0.05) is 19.6 Å². The van der Waals surface area contributed by atoms with Crippen LogP contribution in [-0.2, 0) is 22.2 Å². The maximum absolute atomic E-state index is 11.1. The fraction of sp³-hybridized carbons (Fsp3) is 0. The molecule has 128 valence electrons. The van der Waals surface area contributed by atoms with Crippen molar-refractivity contribution in [2.24, 2.45) is 10.2 Å². The monoisotopic (exact) mass is 378 g/mol. The molecule has 0 fully saturated rings. The number of hydrogen-bond acceptors (Lipinski definition) is 7. The van der Waals surface area contributed by atoms with Gasteiger partial charge in [-0.25, -0.2) is 0 Å². The first-order valence-corrected chi connectivity index (χ1v) is 8.36. The van der Waals surface area contributed by atoms with Crippen molar-refractivity contribution in [2.45, 2.75) is 9.79 Å². The van der Waals surface area contributed by atoms with E-state index in [1.807, 2.05) is 0 Å². The van der Waals surface area contributed by atoms with Gasteiger partial charge >= 0.3 is 0 Å². The first kappa shape index (κ1) is 18.4. The van der Waals surface area contributed by atoms with Gasteiger partial charge < -0.3 is 13.8 Å². The SMILES string of the molecule is [N-]=[N+]=Nc1ccc(S(=O)[O-])cc1Oc1cc(S(=O)[O-])ccc1N=[N+]=[N-]. The molecule has 0 bridgehead atoms. The number of hydrogen-bond donors (Lipinski definition) is 0. The lowest BCUT2D eigenvalue weighted by Crippen LogP contribution is -1.93. The van der Waals surface area contributed by atoms with Crippen LogP contribution in [0.1, 0.15) is 0 Å². The highest BCUT2D eigenvalue weighted by Crippen LogP contribution is 2.38. The summed E-state index contributed by atoms with van der Waals surface area (Å²) in [6.07, 6.45) is 0. The summed E-state index contributed by atoms with van der Waals surface area (Å²) in [4.78, 5) is 4.89. The first-order chi connectivity index (χ1) is 12.0. The molecule has 0 spiro atoms. The van der Waals surface area contributed by atoms with Gasteiger partial charge in [0.25, 0.3) is 0 Å². The summed E-state index contributed by atoms with van der Waals surface area (Å²) in [5.41, 5.74) is 17.1. The third-order valence-corrected chi connectivity index (χ3v) is 4.05. The fourth-order valence-electron chi connectivity index (χ4n) is 1.74. The molecule has 2 atom stereocenters. The molecule has 13 heteroatoms. The lowest BCUT2D eigenvalue weighted by atomic mass is 10.2. The standard InChI is InChI=1S/C12H8N6O5S2/c13-17-15-9-3-1-7(24(19)20)5-11(9)23-12-6-8(25(21)22)2-4-10(12)16-18-14/h1-6H,(H,19,20)(H,21,22)/p-2. The van der Waals surface area contributed by atoms with Gasteiger partial charge in [-0.3, -0.25) is 8.42 Å². The third-order valence-electron chi connectivity index (χ3n) is 2.77. The molecule has 2 aromatic rings. The van der Waals surface area contributed by atoms with Crippen LogP contribution in [0.5, 0.6) is 11.5 Å². The number of rotatable bonds is 6. The zero-order valence-corrected chi connectivity index (χ0v) is 13.6. The Morgan fingerprint density at radius 3 is 1.56 bits per heavy atom. The Kier molecular flexibility index (Phi) is 6.08. The molecule has 0 radical (unpaired) electrons. The van der Waals surface area contributed by atoms with E-state index >= 15 is 0 Å². The van der Waals surface area contributed by atoms with Gasteiger partial charge in [0.2, 0.25) is 0 Å². The molecule has 0 heterocycles. The van der Waals surface area contributed by atoms with E-state index in [1.54, 1.807) is 0 Å². The summed E-state index contributed by atoms with van der Waals surface area (Å²) in [6.45, 7) is 0. The van der Waals surface area contributed by atoms with Gasteiger partial charge in [-0.2, -0.15) is 0 Å². The molecule has 0 aliphatic carbocycles. The largest absolute Gasteiger partial charge is 0.768 e. The minimum Gasteiger partial charge on any atom is -0.768 e. The maximum Gasteiger partial charge on any atom is 0.138 e. The smallest absolute Gasteiger partial charge is 0.138 e. The highest BCUT2D eigenvalue weighted by Gasteiger charge is 2.10. The van der Waals surface area contributed by atoms with E-state index in [0.29, 0.717) is 0 Å². The van der Waals surface area contributed by atoms with Gasteiger partial charge in [-0.15, -0.1) is 0 Å². The van der Waals surface area contributed by atoms with Crippen molar-refractivity contribution in [3.05, 3.63) is 57.3 Å². The molecule has 0 N–H and O–H groups in total. The number of ether oxygens (including phenoxy) is 1. The minimum atomic E-state index is -2.58. The predicted molar refractivity (Wildman–Crippen MR) is 84.9 cm³/mol. The van der Waals surface area contributed by atoms with Crippen molar-refractivity contribution in [1.82, 2.24) is 0 Å². The van der Waals surface area contributed by atoms with Crippen LogP contribution in [-0.4, -0.2) is 17.5 Å². The molecule has 2 rings (SSSR count). The van der Waals surface area contributed by atoms with Crippen molar-refractivity contribution in [1.29, 1.82) is 0 Å². The Bertz CT molecular complexity index is 891. The molecule has 0 amide bonds. The van der Waals surface area contributed by atoms with Crippen LogP contribution in [0.15, 0.2) is 56.4 Å². The number of nitrogens with zero attached hydrogens (tertiary/aromatic N) is 6. The molecule has 2 aromatic carbocycles. The van der Waals surface area contributed by atoms with E-state index < -0.39 is 22.2 Å². The second-order valence-electron chi connectivity index (χ2n) is 4.21. The van der Waals surface area contributed by atoms with E-state index in [0.717, 1.165) is 12.1 Å². The summed E-state index contributed by atoms with van der Waals surface area (Å²) in [5.74, 6) is -0.328. The zero-order valence-electron chi connectivity index (χ0n) is 12.0. The highest BCUT2D eigenvalue weighted by atomic mass is 32.2. The van der Waals surface area contributed by atoms with Gasteiger partial charge in [-0.1, -0.05) is 10.2 Å². The second kappa shape index (κ2) is 8.26. The Hall–Kier alpha value is -2.92. The van der Waals surface area contributed by atoms with Crippen molar-refractivity contribution in [2.75, 3.05) is 0 Å². The molecule has 0 aliphatic heterocycles. The van der Waals surface area contributed by atoms with Crippen LogP contribution in [0.4, 0.5) is 11.4 Å². The normalized spacial score (nSPS) is 12.4.